The second kappa shape index (κ2) is 8.01. The summed E-state index contributed by atoms with van der Waals surface area (Å²) in [5, 5.41) is 19.1. The van der Waals surface area contributed by atoms with E-state index in [-0.39, 0.29) is 18.1 Å². The van der Waals surface area contributed by atoms with Crippen LogP contribution in [0.3, 0.4) is 0 Å². The Hall–Kier alpha value is -2.25. The standard InChI is InChI=1S/C21H29N5O2/c1-15(2)26-14-17(27)13-18(26)21-23-22-19-8-9-24(10-11-25(19)21)20(28)12-16-6-4-3-5-7-16/h3-7,15,17-18,27H,8-14H2,1-2H3/t17-,18+/m1/s1. The summed E-state index contributed by atoms with van der Waals surface area (Å²) in [6.07, 6.45) is 1.51. The van der Waals surface area contributed by atoms with Crippen LogP contribution in [0, 0.1) is 0 Å². The zero-order valence-corrected chi connectivity index (χ0v) is 16.7. The summed E-state index contributed by atoms with van der Waals surface area (Å²) in [6.45, 7) is 7.01. The van der Waals surface area contributed by atoms with Gasteiger partial charge in [-0.3, -0.25) is 9.69 Å². The predicted octanol–water partition coefficient (Wildman–Crippen LogP) is 1.42. The van der Waals surface area contributed by atoms with Crippen LogP contribution in [0.4, 0.5) is 0 Å². The van der Waals surface area contributed by atoms with Crippen molar-refractivity contribution in [3.63, 3.8) is 0 Å². The van der Waals surface area contributed by atoms with Gasteiger partial charge >= 0.3 is 0 Å². The molecule has 2 aliphatic heterocycles. The molecule has 2 aliphatic rings. The zero-order valence-electron chi connectivity index (χ0n) is 16.7. The van der Waals surface area contributed by atoms with Crippen LogP contribution in [0.25, 0.3) is 0 Å². The molecule has 2 aromatic rings. The number of amides is 1. The van der Waals surface area contributed by atoms with Crippen LogP contribution in [-0.2, 0) is 24.2 Å². The number of aliphatic hydroxyl groups is 1. The number of β-amino-alcohol motifs (C(OH)–C–C–N with tert-alkyl or cyclic N) is 1. The quantitative estimate of drug-likeness (QED) is 0.864. The number of likely N-dealkylation sites (tertiary alicyclic amines) is 1. The number of hydrogen-bond donors (Lipinski definition) is 1. The molecule has 0 bridgehead atoms. The highest BCUT2D eigenvalue weighted by atomic mass is 16.3. The monoisotopic (exact) mass is 383 g/mol. The van der Waals surface area contributed by atoms with Gasteiger partial charge in [0.05, 0.1) is 18.6 Å². The average molecular weight is 383 g/mol. The molecule has 0 spiro atoms. The van der Waals surface area contributed by atoms with E-state index in [2.05, 4.69) is 33.5 Å². The third-order valence-electron chi connectivity index (χ3n) is 5.88. The molecule has 0 saturated carbocycles. The Labute approximate surface area is 166 Å². The Morgan fingerprint density at radius 2 is 1.96 bits per heavy atom. The van der Waals surface area contributed by atoms with Gasteiger partial charge in [0.25, 0.3) is 0 Å². The molecule has 1 aromatic carbocycles. The molecule has 0 aliphatic carbocycles. The van der Waals surface area contributed by atoms with Crippen molar-refractivity contribution in [1.29, 1.82) is 0 Å². The van der Waals surface area contributed by atoms with Gasteiger partial charge in [-0.05, 0) is 25.8 Å². The number of carbonyl (C=O) groups is 1. The number of carbonyl (C=O) groups excluding carboxylic acids is 1. The largest absolute Gasteiger partial charge is 0.392 e. The first kappa shape index (κ1) is 19.1. The maximum absolute atomic E-state index is 12.8. The fourth-order valence-corrected chi connectivity index (χ4v) is 4.39. The first-order valence-electron chi connectivity index (χ1n) is 10.2. The summed E-state index contributed by atoms with van der Waals surface area (Å²) in [4.78, 5) is 17.0. The van der Waals surface area contributed by atoms with Crippen molar-refractivity contribution in [1.82, 2.24) is 24.6 Å². The Balaban J connectivity index is 1.47. The number of hydrogen-bond acceptors (Lipinski definition) is 5. The fraction of sp³-hybridized carbons (Fsp3) is 0.571. The van der Waals surface area contributed by atoms with Crippen molar-refractivity contribution >= 4 is 5.91 Å². The van der Waals surface area contributed by atoms with Crippen molar-refractivity contribution in [2.24, 2.45) is 0 Å². The summed E-state index contributed by atoms with van der Waals surface area (Å²) in [6, 6.07) is 10.3. The van der Waals surface area contributed by atoms with Crippen molar-refractivity contribution in [3.05, 3.63) is 47.5 Å². The molecular weight excluding hydrogens is 354 g/mol. The van der Waals surface area contributed by atoms with E-state index >= 15 is 0 Å². The molecule has 4 rings (SSSR count). The van der Waals surface area contributed by atoms with Crippen LogP contribution in [0.15, 0.2) is 30.3 Å². The molecule has 1 amide bonds. The highest BCUT2D eigenvalue weighted by molar-refractivity contribution is 5.78. The topological polar surface area (TPSA) is 74.5 Å². The summed E-state index contributed by atoms with van der Waals surface area (Å²) in [5.41, 5.74) is 1.05. The highest BCUT2D eigenvalue weighted by Crippen LogP contribution is 2.33. The van der Waals surface area contributed by atoms with Crippen molar-refractivity contribution < 1.29 is 9.90 Å². The third kappa shape index (κ3) is 3.82. The van der Waals surface area contributed by atoms with E-state index in [4.69, 9.17) is 0 Å². The van der Waals surface area contributed by atoms with Crippen LogP contribution in [0.1, 0.15) is 43.5 Å². The molecule has 1 N–H and O–H groups in total. The summed E-state index contributed by atoms with van der Waals surface area (Å²) < 4.78 is 2.17. The van der Waals surface area contributed by atoms with Crippen molar-refractivity contribution in [2.75, 3.05) is 19.6 Å². The van der Waals surface area contributed by atoms with Gasteiger partial charge in [-0.2, -0.15) is 0 Å². The van der Waals surface area contributed by atoms with Gasteiger partial charge in [0, 0.05) is 38.6 Å². The predicted molar refractivity (Wildman–Crippen MR) is 106 cm³/mol. The van der Waals surface area contributed by atoms with E-state index in [1.54, 1.807) is 0 Å². The highest BCUT2D eigenvalue weighted by Gasteiger charge is 2.37. The van der Waals surface area contributed by atoms with Gasteiger partial charge in [0.15, 0.2) is 5.82 Å². The minimum absolute atomic E-state index is 0.0859. The maximum Gasteiger partial charge on any atom is 0.227 e. The SMILES string of the molecule is CC(C)N1C[C@H](O)C[C@H]1c1nnc2n1CCN(C(=O)Cc1ccccc1)CC2. The molecule has 7 heteroatoms. The molecule has 1 aromatic heterocycles. The lowest BCUT2D eigenvalue weighted by Crippen LogP contribution is -2.35. The Morgan fingerprint density at radius 1 is 1.18 bits per heavy atom. The second-order valence-corrected chi connectivity index (χ2v) is 8.12. The number of benzene rings is 1. The second-order valence-electron chi connectivity index (χ2n) is 8.12. The summed E-state index contributed by atoms with van der Waals surface area (Å²) in [5.74, 6) is 2.03. The van der Waals surface area contributed by atoms with Gasteiger partial charge in [0.2, 0.25) is 5.91 Å². The number of aliphatic hydroxyl groups excluding tert-OH is 1. The normalized spacial score (nSPS) is 23.1. The molecular formula is C21H29N5O2. The molecule has 0 unspecified atom stereocenters. The fourth-order valence-electron chi connectivity index (χ4n) is 4.39. The third-order valence-corrected chi connectivity index (χ3v) is 5.88. The van der Waals surface area contributed by atoms with E-state index in [1.165, 1.54) is 0 Å². The molecule has 7 nitrogen and oxygen atoms in total. The number of fused-ring (bicyclic) bond motifs is 1. The van der Waals surface area contributed by atoms with Gasteiger partial charge in [0.1, 0.15) is 5.82 Å². The number of nitrogens with zero attached hydrogens (tertiary/aromatic N) is 5. The molecule has 0 radical (unpaired) electrons. The molecule has 150 valence electrons. The summed E-state index contributed by atoms with van der Waals surface area (Å²) >= 11 is 0. The lowest BCUT2D eigenvalue weighted by molar-refractivity contribution is -0.130. The van der Waals surface area contributed by atoms with Crippen LogP contribution in [0.5, 0.6) is 0 Å². The number of rotatable bonds is 4. The van der Waals surface area contributed by atoms with Crippen molar-refractivity contribution in [2.45, 2.75) is 57.8 Å². The van der Waals surface area contributed by atoms with E-state index < -0.39 is 0 Å². The zero-order chi connectivity index (χ0) is 19.7. The van der Waals surface area contributed by atoms with E-state index in [1.807, 2.05) is 35.2 Å². The minimum Gasteiger partial charge on any atom is -0.392 e. The van der Waals surface area contributed by atoms with Crippen LogP contribution in [-0.4, -0.2) is 67.4 Å². The maximum atomic E-state index is 12.8. The van der Waals surface area contributed by atoms with Gasteiger partial charge in [-0.25, -0.2) is 0 Å². The average Bonchev–Trinajstić information content (AvgIpc) is 3.19. The van der Waals surface area contributed by atoms with Crippen molar-refractivity contribution in [3.8, 4) is 0 Å². The van der Waals surface area contributed by atoms with Crippen LogP contribution >= 0.6 is 0 Å². The molecule has 1 saturated heterocycles. The van der Waals surface area contributed by atoms with Gasteiger partial charge < -0.3 is 14.6 Å². The van der Waals surface area contributed by atoms with E-state index in [9.17, 15) is 9.90 Å². The summed E-state index contributed by atoms with van der Waals surface area (Å²) in [7, 11) is 0. The Morgan fingerprint density at radius 3 is 2.71 bits per heavy atom. The molecule has 28 heavy (non-hydrogen) atoms. The first-order chi connectivity index (χ1) is 13.5. The first-order valence-corrected chi connectivity index (χ1v) is 10.2. The van der Waals surface area contributed by atoms with Gasteiger partial charge in [-0.1, -0.05) is 30.3 Å². The number of aromatic nitrogens is 3. The van der Waals surface area contributed by atoms with E-state index in [0.29, 0.717) is 51.5 Å². The Bertz CT molecular complexity index is 819. The van der Waals surface area contributed by atoms with Gasteiger partial charge in [-0.15, -0.1) is 10.2 Å². The van der Waals surface area contributed by atoms with E-state index in [0.717, 1.165) is 17.2 Å². The Kier molecular flexibility index (Phi) is 5.46. The van der Waals surface area contributed by atoms with Crippen LogP contribution in [0.2, 0.25) is 0 Å². The molecule has 2 atom stereocenters. The lowest BCUT2D eigenvalue weighted by atomic mass is 10.1. The molecule has 3 heterocycles. The molecule has 1 fully saturated rings. The smallest absolute Gasteiger partial charge is 0.227 e. The lowest BCUT2D eigenvalue weighted by Gasteiger charge is -2.27. The minimum atomic E-state index is -0.324. The van der Waals surface area contributed by atoms with Crippen LogP contribution < -0.4 is 0 Å².